The second kappa shape index (κ2) is 29.9. The quantitative estimate of drug-likeness (QED) is 0.0724. The van der Waals surface area contributed by atoms with Gasteiger partial charge in [0, 0.05) is 0 Å². The highest BCUT2D eigenvalue weighted by Gasteiger charge is 2.33. The highest BCUT2D eigenvalue weighted by Crippen LogP contribution is 2.27. The summed E-state index contributed by atoms with van der Waals surface area (Å²) in [4.78, 5) is 0. The average Bonchev–Trinajstić information content (AvgIpc) is 2.93. The summed E-state index contributed by atoms with van der Waals surface area (Å²) in [6.45, 7) is 4.45. The zero-order valence-electron chi connectivity index (χ0n) is 27.3. The van der Waals surface area contributed by atoms with Crippen LogP contribution >= 0.6 is 0 Å². The van der Waals surface area contributed by atoms with Gasteiger partial charge in [-0.2, -0.15) is 0 Å². The average molecular weight is 542 g/mol. The minimum absolute atomic E-state index is 0.103. The maximum Gasteiger partial charge on any atom is 0.210 e. The SMILES string of the molecule is [2H]OC[C@@H](O)C(O)(CCCCCCCCCCCCCCCC)CCCCCCCCCCCCCCCC. The molecular weight excluding hydrogens is 468 g/mol. The molecule has 0 aromatic rings. The lowest BCUT2D eigenvalue weighted by molar-refractivity contribution is -0.106. The first-order valence-electron chi connectivity index (χ1n) is 18.0. The van der Waals surface area contributed by atoms with Crippen LogP contribution < -0.4 is 0 Å². The zero-order valence-corrected chi connectivity index (χ0v) is 26.3. The van der Waals surface area contributed by atoms with Gasteiger partial charge in [0.25, 0.3) is 0 Å². The van der Waals surface area contributed by atoms with Crippen LogP contribution in [0.4, 0.5) is 0 Å². The first-order valence-corrected chi connectivity index (χ1v) is 17.6. The van der Waals surface area contributed by atoms with Crippen LogP contribution in [-0.4, -0.2) is 35.1 Å². The molecule has 0 amide bonds. The van der Waals surface area contributed by atoms with Gasteiger partial charge >= 0.3 is 0 Å². The van der Waals surface area contributed by atoms with Gasteiger partial charge in [0.15, 0.2) is 0 Å². The Morgan fingerprint density at radius 2 is 0.684 bits per heavy atom. The van der Waals surface area contributed by atoms with Gasteiger partial charge in [-0.1, -0.05) is 194 Å². The maximum atomic E-state index is 11.2. The molecule has 0 aliphatic rings. The first kappa shape index (κ1) is 35.9. The van der Waals surface area contributed by atoms with E-state index >= 15 is 0 Å². The Balaban J connectivity index is 3.76. The molecule has 0 aliphatic heterocycles. The predicted octanol–water partition coefficient (Wildman–Crippen LogP) is 10.8. The normalized spacial score (nSPS) is 13.2. The summed E-state index contributed by atoms with van der Waals surface area (Å²) in [6, 6.07) is 0. The minimum atomic E-state index is -1.10. The van der Waals surface area contributed by atoms with Gasteiger partial charge in [0.1, 0.15) is 6.10 Å². The van der Waals surface area contributed by atoms with Gasteiger partial charge in [-0.15, -0.1) is 0 Å². The van der Waals surface area contributed by atoms with Crippen molar-refractivity contribution in [1.29, 1.82) is 1.43 Å². The molecule has 0 spiro atoms. The largest absolute Gasteiger partial charge is 0.394 e. The summed E-state index contributed by atoms with van der Waals surface area (Å²) in [6.07, 6.45) is 37.1. The third-order valence-corrected chi connectivity index (χ3v) is 8.70. The monoisotopic (exact) mass is 542 g/mol. The Morgan fingerprint density at radius 1 is 0.447 bits per heavy atom. The second-order valence-electron chi connectivity index (χ2n) is 12.5. The van der Waals surface area contributed by atoms with E-state index in [0.717, 1.165) is 25.7 Å². The zero-order chi connectivity index (χ0) is 28.7. The Morgan fingerprint density at radius 3 is 0.921 bits per heavy atom. The summed E-state index contributed by atoms with van der Waals surface area (Å²) in [5.74, 6) is 0. The first-order chi connectivity index (χ1) is 19.1. The van der Waals surface area contributed by atoms with Crippen molar-refractivity contribution in [3.63, 3.8) is 0 Å². The fourth-order valence-corrected chi connectivity index (χ4v) is 5.86. The fraction of sp³-hybridized carbons (Fsp3) is 1.00. The van der Waals surface area contributed by atoms with Crippen LogP contribution in [-0.2, 0) is 0 Å². The molecule has 38 heavy (non-hydrogen) atoms. The van der Waals surface area contributed by atoms with E-state index in [-0.39, 0.29) is 6.61 Å². The van der Waals surface area contributed by atoms with Gasteiger partial charge < -0.3 is 15.3 Å². The van der Waals surface area contributed by atoms with E-state index in [2.05, 4.69) is 19.0 Å². The fourth-order valence-electron chi connectivity index (χ4n) is 5.86. The lowest BCUT2D eigenvalue weighted by atomic mass is 9.85. The number of unbranched alkanes of at least 4 members (excludes halogenated alkanes) is 26. The molecule has 230 valence electrons. The number of aliphatic hydroxyl groups is 3. The van der Waals surface area contributed by atoms with Crippen molar-refractivity contribution in [3.8, 4) is 0 Å². The van der Waals surface area contributed by atoms with E-state index in [1.54, 1.807) is 0 Å². The molecule has 0 rings (SSSR count). The summed E-state index contributed by atoms with van der Waals surface area (Å²) >= 11 is 0. The van der Waals surface area contributed by atoms with Crippen molar-refractivity contribution >= 4 is 0 Å². The van der Waals surface area contributed by atoms with Crippen LogP contribution in [0.15, 0.2) is 0 Å². The highest BCUT2D eigenvalue weighted by atomic mass is 16.4. The van der Waals surface area contributed by atoms with Gasteiger partial charge in [-0.3, -0.25) is 0 Å². The molecule has 0 saturated carbocycles. The molecule has 0 aromatic carbocycles. The molecule has 3 heteroatoms. The second-order valence-corrected chi connectivity index (χ2v) is 12.5. The standard InChI is InChI=1S/C35H72O3/c1-3-5-7-9-11-13-15-17-19-21-23-25-27-29-31-35(38,34(37)33-36)32-30-28-26-24-22-20-18-16-14-12-10-8-6-4-2/h34,36-38H,3-33H2,1-2H3/t34-/m1/s1/i36D. The third-order valence-electron chi connectivity index (χ3n) is 8.70. The summed E-state index contributed by atoms with van der Waals surface area (Å²) in [5, 5.41) is 26.1. The van der Waals surface area contributed by atoms with Crippen molar-refractivity contribution < 1.29 is 15.3 Å². The van der Waals surface area contributed by atoms with E-state index in [0.29, 0.717) is 12.8 Å². The summed E-state index contributed by atoms with van der Waals surface area (Å²) < 4.78 is 7.02. The Labute approximate surface area is 241 Å². The van der Waals surface area contributed by atoms with Crippen LogP contribution in [0.25, 0.3) is 0 Å². The molecule has 0 heterocycles. The number of hydrogen-bond donors (Lipinski definition) is 3. The predicted molar refractivity (Wildman–Crippen MR) is 168 cm³/mol. The van der Waals surface area contributed by atoms with E-state index in [9.17, 15) is 10.2 Å². The van der Waals surface area contributed by atoms with Gasteiger partial charge in [-0.25, -0.2) is 0 Å². The van der Waals surface area contributed by atoms with Gasteiger partial charge in [0.05, 0.1) is 12.2 Å². The molecule has 1 atom stereocenters. The maximum absolute atomic E-state index is 11.2. The molecule has 0 saturated heterocycles. The summed E-state index contributed by atoms with van der Waals surface area (Å²) in [7, 11) is 0. The Hall–Kier alpha value is -0.120. The van der Waals surface area contributed by atoms with E-state index in [1.165, 1.54) is 154 Å². The molecule has 3 N–H and O–H groups in total. The van der Waals surface area contributed by atoms with Crippen molar-refractivity contribution in [2.75, 3.05) is 6.61 Å². The van der Waals surface area contributed by atoms with E-state index in [4.69, 9.17) is 1.43 Å². The minimum Gasteiger partial charge on any atom is -0.394 e. The van der Waals surface area contributed by atoms with E-state index in [1.807, 2.05) is 0 Å². The molecule has 0 fully saturated rings. The Bertz CT molecular complexity index is 427. The molecule has 0 unspecified atom stereocenters. The van der Waals surface area contributed by atoms with Crippen LogP contribution in [0.3, 0.4) is 0 Å². The van der Waals surface area contributed by atoms with E-state index < -0.39 is 11.7 Å². The molecule has 3 nitrogen and oxygen atoms in total. The lowest BCUT2D eigenvalue weighted by Gasteiger charge is -2.32. The van der Waals surface area contributed by atoms with Gasteiger partial charge in [0.2, 0.25) is 1.43 Å². The smallest absolute Gasteiger partial charge is 0.210 e. The third kappa shape index (κ3) is 24.9. The van der Waals surface area contributed by atoms with Crippen molar-refractivity contribution in [2.45, 2.75) is 218 Å². The van der Waals surface area contributed by atoms with Crippen molar-refractivity contribution in [3.05, 3.63) is 0 Å². The molecule has 0 radical (unpaired) electrons. The number of hydrogen-bond acceptors (Lipinski definition) is 3. The van der Waals surface area contributed by atoms with Crippen molar-refractivity contribution in [1.82, 2.24) is 0 Å². The van der Waals surface area contributed by atoms with Crippen LogP contribution in [0.5, 0.6) is 0 Å². The summed E-state index contributed by atoms with van der Waals surface area (Å²) in [5.41, 5.74) is -1.10. The Kier molecular flexibility index (Phi) is 28.2. The molecule has 0 bridgehead atoms. The van der Waals surface area contributed by atoms with Crippen molar-refractivity contribution in [2.24, 2.45) is 0 Å². The topological polar surface area (TPSA) is 60.7 Å². The van der Waals surface area contributed by atoms with Crippen LogP contribution in [0.1, 0.15) is 206 Å². The molecule has 0 aromatic heterocycles. The van der Waals surface area contributed by atoms with Gasteiger partial charge in [-0.05, 0) is 12.8 Å². The van der Waals surface area contributed by atoms with Crippen LogP contribution in [0, 0.1) is 0 Å². The number of rotatable bonds is 33. The highest BCUT2D eigenvalue weighted by molar-refractivity contribution is 4.86. The lowest BCUT2D eigenvalue weighted by Crippen LogP contribution is -2.44. The van der Waals surface area contributed by atoms with Crippen LogP contribution in [0.2, 0.25) is 0 Å². The molecular formula is C35H72O3. The molecule has 0 aliphatic carbocycles. The number of aliphatic hydroxyl groups excluding tert-OH is 2.